The normalized spacial score (nSPS) is 16.3. The first-order valence-electron chi connectivity index (χ1n) is 9.55. The smallest absolute Gasteiger partial charge is 0.269 e. The van der Waals surface area contributed by atoms with Crippen LogP contribution >= 0.6 is 0 Å². The lowest BCUT2D eigenvalue weighted by Gasteiger charge is -2.23. The van der Waals surface area contributed by atoms with Crippen molar-refractivity contribution in [1.82, 2.24) is 25.1 Å². The maximum atomic E-state index is 12.4. The van der Waals surface area contributed by atoms with E-state index < -0.39 is 0 Å². The highest BCUT2D eigenvalue weighted by Gasteiger charge is 2.36. The Morgan fingerprint density at radius 3 is 2.89 bits per heavy atom. The molecule has 0 saturated carbocycles. The van der Waals surface area contributed by atoms with Crippen molar-refractivity contribution in [2.45, 2.75) is 39.2 Å². The molecule has 1 aliphatic rings. The molecule has 1 aromatic carbocycles. The van der Waals surface area contributed by atoms with Crippen LogP contribution < -0.4 is 10.6 Å². The Kier molecular flexibility index (Phi) is 4.62. The fourth-order valence-corrected chi connectivity index (χ4v) is 3.76. The van der Waals surface area contributed by atoms with Crippen LogP contribution in [-0.2, 0) is 11.3 Å². The summed E-state index contributed by atoms with van der Waals surface area (Å²) in [6, 6.07) is 7.97. The molecule has 0 spiro atoms. The second kappa shape index (κ2) is 7.10. The molecule has 2 aromatic heterocycles. The van der Waals surface area contributed by atoms with E-state index in [4.69, 9.17) is 4.98 Å². The van der Waals surface area contributed by atoms with Gasteiger partial charge in [0.15, 0.2) is 5.82 Å². The van der Waals surface area contributed by atoms with Gasteiger partial charge in [-0.2, -0.15) is 5.10 Å². The number of para-hydroxylation sites is 2. The fraction of sp³-hybridized carbons (Fsp3) is 0.400. The second-order valence-electron chi connectivity index (χ2n) is 7.54. The number of nitrogens with one attached hydrogen (secondary N) is 3. The van der Waals surface area contributed by atoms with Gasteiger partial charge in [-0.1, -0.05) is 26.0 Å². The molecule has 0 saturated heterocycles. The third-order valence-electron chi connectivity index (χ3n) is 5.18. The van der Waals surface area contributed by atoms with Crippen LogP contribution in [0.25, 0.3) is 11.0 Å². The highest BCUT2D eigenvalue weighted by molar-refractivity contribution is 6.00. The van der Waals surface area contributed by atoms with Crippen molar-refractivity contribution >= 4 is 28.7 Å². The van der Waals surface area contributed by atoms with E-state index in [1.165, 1.54) is 0 Å². The Morgan fingerprint density at radius 1 is 1.36 bits per heavy atom. The number of aryl methyl sites for hydroxylation is 1. The Balaban J connectivity index is 1.89. The minimum absolute atomic E-state index is 0.130. The number of H-pyrrole nitrogens is 1. The molecule has 8 heteroatoms. The molecule has 0 aliphatic carbocycles. The number of carbonyl (C=O) groups excluding carboxylic acids is 2. The van der Waals surface area contributed by atoms with Crippen LogP contribution in [0.3, 0.4) is 0 Å². The van der Waals surface area contributed by atoms with Gasteiger partial charge in [0.2, 0.25) is 5.91 Å². The van der Waals surface area contributed by atoms with Gasteiger partial charge in [-0.15, -0.1) is 0 Å². The molecule has 1 unspecified atom stereocenters. The van der Waals surface area contributed by atoms with Crippen LogP contribution in [0.15, 0.2) is 24.3 Å². The number of anilines is 1. The number of hydrogen-bond acceptors (Lipinski definition) is 4. The van der Waals surface area contributed by atoms with E-state index in [1.807, 2.05) is 24.3 Å². The molecule has 2 amide bonds. The van der Waals surface area contributed by atoms with Gasteiger partial charge in [0.1, 0.15) is 11.5 Å². The number of benzene rings is 1. The molecule has 0 radical (unpaired) electrons. The summed E-state index contributed by atoms with van der Waals surface area (Å²) >= 11 is 0. The van der Waals surface area contributed by atoms with Crippen LogP contribution in [0.1, 0.15) is 54.5 Å². The van der Waals surface area contributed by atoms with Crippen molar-refractivity contribution in [2.24, 2.45) is 5.92 Å². The third kappa shape index (κ3) is 3.04. The molecule has 8 nitrogen and oxygen atoms in total. The molecule has 28 heavy (non-hydrogen) atoms. The lowest BCUT2D eigenvalue weighted by molar-refractivity contribution is -0.116. The number of hydrogen-bond donors (Lipinski definition) is 3. The van der Waals surface area contributed by atoms with Gasteiger partial charge >= 0.3 is 0 Å². The van der Waals surface area contributed by atoms with Crippen LogP contribution in [0.5, 0.6) is 0 Å². The molecule has 0 fully saturated rings. The van der Waals surface area contributed by atoms with E-state index in [0.29, 0.717) is 23.0 Å². The van der Waals surface area contributed by atoms with Crippen molar-refractivity contribution in [3.63, 3.8) is 0 Å². The van der Waals surface area contributed by atoms with Gasteiger partial charge in [-0.3, -0.25) is 14.7 Å². The summed E-state index contributed by atoms with van der Waals surface area (Å²) in [5, 5.41) is 12.3. The lowest BCUT2D eigenvalue weighted by Crippen LogP contribution is -2.28. The molecular weight excluding hydrogens is 356 g/mol. The first-order valence-corrected chi connectivity index (χ1v) is 9.55. The highest BCUT2D eigenvalue weighted by Crippen LogP contribution is 2.39. The second-order valence-corrected chi connectivity index (χ2v) is 7.54. The zero-order valence-corrected chi connectivity index (χ0v) is 16.2. The number of rotatable bonds is 5. The lowest BCUT2D eigenvalue weighted by atomic mass is 9.90. The summed E-state index contributed by atoms with van der Waals surface area (Å²) in [6.45, 7) is 5.17. The summed E-state index contributed by atoms with van der Waals surface area (Å²) < 4.78 is 2.18. The topological polar surface area (TPSA) is 105 Å². The van der Waals surface area contributed by atoms with Crippen molar-refractivity contribution in [2.75, 3.05) is 12.4 Å². The summed E-state index contributed by atoms with van der Waals surface area (Å²) in [7, 11) is 1.57. The van der Waals surface area contributed by atoms with Crippen molar-refractivity contribution in [3.8, 4) is 0 Å². The molecule has 3 heterocycles. The molecule has 3 aromatic rings. The zero-order valence-electron chi connectivity index (χ0n) is 16.2. The van der Waals surface area contributed by atoms with Crippen LogP contribution in [0.2, 0.25) is 0 Å². The maximum Gasteiger partial charge on any atom is 0.269 e. The predicted molar refractivity (Wildman–Crippen MR) is 106 cm³/mol. The van der Waals surface area contributed by atoms with E-state index in [0.717, 1.165) is 29.8 Å². The fourth-order valence-electron chi connectivity index (χ4n) is 3.76. The van der Waals surface area contributed by atoms with Crippen LogP contribution in [-0.4, -0.2) is 38.6 Å². The highest BCUT2D eigenvalue weighted by atomic mass is 16.2. The summed E-state index contributed by atoms with van der Waals surface area (Å²) in [4.78, 5) is 29.6. The van der Waals surface area contributed by atoms with Gasteiger partial charge in [0, 0.05) is 25.6 Å². The van der Waals surface area contributed by atoms with E-state index >= 15 is 0 Å². The third-order valence-corrected chi connectivity index (χ3v) is 5.18. The molecule has 1 aliphatic heterocycles. The standard InChI is InChI=1S/C20H24N6O2/c1-11(2)8-9-26-14-7-5-4-6-13(14)22-19(26)12-10-15(27)23-18-16(12)17(24-25-18)20(28)21-3/h4-7,11-12H,8-10H2,1-3H3,(H,21,28)(H2,23,24,25,27). The van der Waals surface area contributed by atoms with Gasteiger partial charge in [-0.25, -0.2) is 4.98 Å². The average Bonchev–Trinajstić information content (AvgIpc) is 3.26. The number of nitrogens with zero attached hydrogens (tertiary/aromatic N) is 3. The molecular formula is C20H24N6O2. The number of aromatic amines is 1. The van der Waals surface area contributed by atoms with Crippen molar-refractivity contribution in [1.29, 1.82) is 0 Å². The molecule has 146 valence electrons. The predicted octanol–water partition coefficient (Wildman–Crippen LogP) is 2.64. The van der Waals surface area contributed by atoms with Gasteiger partial charge < -0.3 is 15.2 Å². The zero-order chi connectivity index (χ0) is 19.8. The number of fused-ring (bicyclic) bond motifs is 2. The van der Waals surface area contributed by atoms with E-state index in [1.54, 1.807) is 7.05 Å². The maximum absolute atomic E-state index is 12.4. The number of aromatic nitrogens is 4. The first kappa shape index (κ1) is 18.2. The molecule has 0 bridgehead atoms. The van der Waals surface area contributed by atoms with E-state index in [-0.39, 0.29) is 24.2 Å². The van der Waals surface area contributed by atoms with Crippen LogP contribution in [0, 0.1) is 5.92 Å². The van der Waals surface area contributed by atoms with Crippen molar-refractivity contribution in [3.05, 3.63) is 41.3 Å². The van der Waals surface area contributed by atoms with E-state index in [9.17, 15) is 9.59 Å². The van der Waals surface area contributed by atoms with E-state index in [2.05, 4.69) is 39.2 Å². The number of amides is 2. The molecule has 4 rings (SSSR count). The minimum atomic E-state index is -0.339. The van der Waals surface area contributed by atoms with Gasteiger partial charge in [0.05, 0.1) is 17.0 Å². The Labute approximate surface area is 162 Å². The average molecular weight is 380 g/mol. The Hall–Kier alpha value is -3.16. The number of imidazole rings is 1. The first-order chi connectivity index (χ1) is 13.5. The Morgan fingerprint density at radius 2 is 2.14 bits per heavy atom. The number of carbonyl (C=O) groups is 2. The van der Waals surface area contributed by atoms with Gasteiger partial charge in [0.25, 0.3) is 5.91 Å². The minimum Gasteiger partial charge on any atom is -0.354 e. The summed E-state index contributed by atoms with van der Waals surface area (Å²) in [6.07, 6.45) is 1.22. The van der Waals surface area contributed by atoms with Gasteiger partial charge in [-0.05, 0) is 24.5 Å². The SMILES string of the molecule is CNC(=O)c1[nH]nc2c1C(c1nc3ccccc3n1CCC(C)C)CC(=O)N2. The summed E-state index contributed by atoms with van der Waals surface area (Å²) in [5.74, 6) is 1.01. The quantitative estimate of drug-likeness (QED) is 0.633. The largest absolute Gasteiger partial charge is 0.354 e. The molecule has 3 N–H and O–H groups in total. The van der Waals surface area contributed by atoms with Crippen LogP contribution in [0.4, 0.5) is 5.82 Å². The van der Waals surface area contributed by atoms with Crippen molar-refractivity contribution < 1.29 is 9.59 Å². The Bertz CT molecular complexity index is 1050. The molecule has 1 atom stereocenters. The monoisotopic (exact) mass is 380 g/mol. The summed E-state index contributed by atoms with van der Waals surface area (Å²) in [5.41, 5.74) is 2.99.